The largest absolute Gasteiger partial charge is 0.489 e. The number of hydrogen-bond acceptors (Lipinski definition) is 9. The Morgan fingerprint density at radius 2 is 2.12 bits per heavy atom. The van der Waals surface area contributed by atoms with Crippen molar-refractivity contribution in [3.05, 3.63) is 37.2 Å². The van der Waals surface area contributed by atoms with Gasteiger partial charge in [-0.2, -0.15) is 0 Å². The van der Waals surface area contributed by atoms with Gasteiger partial charge < -0.3 is 25.4 Å². The standard InChI is InChI=1S/C15H16N6O4/c16-13-10-14(19-6-18-13)21(7-20-10)15-12(23)11(22)9(25-15)5-24-8-2-1-3-17-4-8/h1-4,6-7,9,11-12,15,22-23H,5H2,(H2,16,18,19)/t9-,11-,12-,15-/m1/s1. The third-order valence-corrected chi connectivity index (χ3v) is 4.05. The van der Waals surface area contributed by atoms with Crippen LogP contribution in [0.3, 0.4) is 0 Å². The van der Waals surface area contributed by atoms with Crippen molar-refractivity contribution in [3.8, 4) is 5.75 Å². The first-order valence-corrected chi connectivity index (χ1v) is 7.62. The normalized spacial score (nSPS) is 26.2. The first kappa shape index (κ1) is 15.7. The van der Waals surface area contributed by atoms with E-state index in [0.717, 1.165) is 0 Å². The molecule has 3 aromatic heterocycles. The molecule has 0 aromatic carbocycles. The molecule has 0 bridgehead atoms. The van der Waals surface area contributed by atoms with Crippen molar-refractivity contribution in [2.24, 2.45) is 0 Å². The minimum Gasteiger partial charge on any atom is -0.489 e. The van der Waals surface area contributed by atoms with Gasteiger partial charge in [0.2, 0.25) is 0 Å². The third-order valence-electron chi connectivity index (χ3n) is 4.05. The number of imidazole rings is 1. The number of aliphatic hydroxyl groups excluding tert-OH is 2. The first-order valence-electron chi connectivity index (χ1n) is 7.62. The van der Waals surface area contributed by atoms with Gasteiger partial charge in [0.25, 0.3) is 0 Å². The molecule has 4 heterocycles. The van der Waals surface area contributed by atoms with Gasteiger partial charge in [-0.15, -0.1) is 0 Å². The zero-order valence-corrected chi connectivity index (χ0v) is 13.0. The van der Waals surface area contributed by atoms with Crippen LogP contribution in [0.4, 0.5) is 5.82 Å². The fraction of sp³-hybridized carbons (Fsp3) is 0.333. The number of hydrogen-bond donors (Lipinski definition) is 3. The van der Waals surface area contributed by atoms with Crippen LogP contribution < -0.4 is 10.5 Å². The van der Waals surface area contributed by atoms with Gasteiger partial charge in [0.05, 0.1) is 12.5 Å². The molecule has 3 aromatic rings. The molecular weight excluding hydrogens is 328 g/mol. The lowest BCUT2D eigenvalue weighted by Gasteiger charge is -2.16. The summed E-state index contributed by atoms with van der Waals surface area (Å²) in [5.74, 6) is 0.776. The smallest absolute Gasteiger partial charge is 0.167 e. The Bertz CT molecular complexity index is 873. The SMILES string of the molecule is Nc1ncnc2c1ncn2[C@@H]1O[C@H](COc2cccnc2)[C@@H](O)[C@H]1O. The molecule has 1 aliphatic heterocycles. The van der Waals surface area contributed by atoms with Gasteiger partial charge >= 0.3 is 0 Å². The van der Waals surface area contributed by atoms with E-state index in [0.29, 0.717) is 16.9 Å². The number of rotatable bonds is 4. The monoisotopic (exact) mass is 344 g/mol. The molecule has 25 heavy (non-hydrogen) atoms. The molecule has 4 rings (SSSR count). The van der Waals surface area contributed by atoms with Crippen molar-refractivity contribution in [1.29, 1.82) is 0 Å². The van der Waals surface area contributed by atoms with Crippen molar-refractivity contribution in [3.63, 3.8) is 0 Å². The maximum atomic E-state index is 10.4. The van der Waals surface area contributed by atoms with Crippen LogP contribution in [0.5, 0.6) is 5.75 Å². The highest BCUT2D eigenvalue weighted by Crippen LogP contribution is 2.32. The van der Waals surface area contributed by atoms with Gasteiger partial charge in [0, 0.05) is 6.20 Å². The van der Waals surface area contributed by atoms with Crippen molar-refractivity contribution in [2.75, 3.05) is 12.3 Å². The number of aliphatic hydroxyl groups is 2. The van der Waals surface area contributed by atoms with Gasteiger partial charge in [0.15, 0.2) is 17.7 Å². The van der Waals surface area contributed by atoms with Crippen LogP contribution in [-0.2, 0) is 4.74 Å². The molecule has 10 heteroatoms. The molecule has 0 unspecified atom stereocenters. The summed E-state index contributed by atoms with van der Waals surface area (Å²) in [6.07, 6.45) is 2.05. The second-order valence-corrected chi connectivity index (χ2v) is 5.63. The van der Waals surface area contributed by atoms with E-state index < -0.39 is 24.5 Å². The maximum absolute atomic E-state index is 10.4. The molecule has 10 nitrogen and oxygen atoms in total. The van der Waals surface area contributed by atoms with Crippen molar-refractivity contribution < 1.29 is 19.7 Å². The molecule has 1 fully saturated rings. The van der Waals surface area contributed by atoms with E-state index in [1.54, 1.807) is 24.5 Å². The van der Waals surface area contributed by atoms with E-state index in [9.17, 15) is 10.2 Å². The summed E-state index contributed by atoms with van der Waals surface area (Å²) < 4.78 is 12.8. The number of anilines is 1. The van der Waals surface area contributed by atoms with Crippen molar-refractivity contribution >= 4 is 17.0 Å². The molecule has 0 saturated carbocycles. The number of nitrogens with two attached hydrogens (primary N) is 1. The molecule has 4 N–H and O–H groups in total. The third kappa shape index (κ3) is 2.76. The summed E-state index contributed by atoms with van der Waals surface area (Å²) in [6.45, 7) is 0.0597. The van der Waals surface area contributed by atoms with Crippen LogP contribution >= 0.6 is 0 Å². The number of fused-ring (bicyclic) bond motifs is 1. The molecule has 130 valence electrons. The number of nitrogens with zero attached hydrogens (tertiary/aromatic N) is 5. The van der Waals surface area contributed by atoms with Gasteiger partial charge in [-0.25, -0.2) is 15.0 Å². The Morgan fingerprint density at radius 1 is 1.24 bits per heavy atom. The predicted octanol–water partition coefficient (Wildman–Crippen LogP) is -0.498. The quantitative estimate of drug-likeness (QED) is 0.571. The van der Waals surface area contributed by atoms with Crippen molar-refractivity contribution in [1.82, 2.24) is 24.5 Å². The average Bonchev–Trinajstić information content (AvgIpc) is 3.18. The highest BCUT2D eigenvalue weighted by molar-refractivity contribution is 5.81. The molecule has 1 aliphatic rings. The average molecular weight is 344 g/mol. The van der Waals surface area contributed by atoms with E-state index in [4.69, 9.17) is 15.2 Å². The Hall–Kier alpha value is -2.82. The lowest BCUT2D eigenvalue weighted by Crippen LogP contribution is -2.34. The Kier molecular flexibility index (Phi) is 3.92. The van der Waals surface area contributed by atoms with Gasteiger partial charge in [0.1, 0.15) is 42.5 Å². The summed E-state index contributed by atoms with van der Waals surface area (Å²) in [5.41, 5.74) is 6.58. The van der Waals surface area contributed by atoms with E-state index in [2.05, 4.69) is 19.9 Å². The Morgan fingerprint density at radius 3 is 2.92 bits per heavy atom. The molecule has 4 atom stereocenters. The van der Waals surface area contributed by atoms with Gasteiger partial charge in [-0.1, -0.05) is 0 Å². The lowest BCUT2D eigenvalue weighted by molar-refractivity contribution is -0.0474. The minimum atomic E-state index is -1.17. The fourth-order valence-electron chi connectivity index (χ4n) is 2.76. The van der Waals surface area contributed by atoms with E-state index in [1.807, 2.05) is 0 Å². The van der Waals surface area contributed by atoms with Crippen LogP contribution in [-0.4, -0.2) is 59.6 Å². The second-order valence-electron chi connectivity index (χ2n) is 5.63. The molecule has 0 aliphatic carbocycles. The summed E-state index contributed by atoms with van der Waals surface area (Å²) in [6, 6.07) is 3.48. The van der Waals surface area contributed by atoms with Crippen LogP contribution in [0.2, 0.25) is 0 Å². The highest BCUT2D eigenvalue weighted by atomic mass is 16.6. The summed E-state index contributed by atoms with van der Waals surface area (Å²) in [5, 5.41) is 20.6. The molecule has 1 saturated heterocycles. The van der Waals surface area contributed by atoms with Crippen LogP contribution in [0, 0.1) is 0 Å². The zero-order chi connectivity index (χ0) is 17.4. The number of aromatic nitrogens is 5. The topological polar surface area (TPSA) is 141 Å². The predicted molar refractivity (Wildman–Crippen MR) is 85.4 cm³/mol. The maximum Gasteiger partial charge on any atom is 0.167 e. The van der Waals surface area contributed by atoms with E-state index >= 15 is 0 Å². The number of ether oxygens (including phenoxy) is 2. The number of pyridine rings is 1. The first-order chi connectivity index (χ1) is 12.1. The Labute approximate surface area is 141 Å². The zero-order valence-electron chi connectivity index (χ0n) is 13.0. The second kappa shape index (κ2) is 6.24. The van der Waals surface area contributed by atoms with Crippen LogP contribution in [0.25, 0.3) is 11.2 Å². The fourth-order valence-corrected chi connectivity index (χ4v) is 2.76. The Balaban J connectivity index is 1.54. The molecule has 0 spiro atoms. The minimum absolute atomic E-state index is 0.0597. The van der Waals surface area contributed by atoms with Crippen molar-refractivity contribution in [2.45, 2.75) is 24.5 Å². The molecule has 0 radical (unpaired) electrons. The number of nitrogen functional groups attached to an aromatic ring is 1. The summed E-state index contributed by atoms with van der Waals surface area (Å²) in [7, 11) is 0. The van der Waals surface area contributed by atoms with E-state index in [-0.39, 0.29) is 12.4 Å². The van der Waals surface area contributed by atoms with Gasteiger partial charge in [-0.05, 0) is 12.1 Å². The summed E-state index contributed by atoms with van der Waals surface area (Å²) in [4.78, 5) is 16.1. The van der Waals surface area contributed by atoms with E-state index in [1.165, 1.54) is 17.2 Å². The van der Waals surface area contributed by atoms with Gasteiger partial charge in [-0.3, -0.25) is 9.55 Å². The summed E-state index contributed by atoms with van der Waals surface area (Å²) >= 11 is 0. The molecular formula is C15H16N6O4. The van der Waals surface area contributed by atoms with Crippen LogP contribution in [0.1, 0.15) is 6.23 Å². The molecule has 0 amide bonds. The highest BCUT2D eigenvalue weighted by Gasteiger charge is 2.44. The lowest BCUT2D eigenvalue weighted by atomic mass is 10.1. The van der Waals surface area contributed by atoms with Crippen LogP contribution in [0.15, 0.2) is 37.2 Å².